The summed E-state index contributed by atoms with van der Waals surface area (Å²) in [5.41, 5.74) is 3.88. The molecule has 0 saturated heterocycles. The van der Waals surface area contributed by atoms with Crippen LogP contribution in [0.4, 0.5) is 0 Å². The fraction of sp³-hybridized carbons (Fsp3) is 0.400. The highest BCUT2D eigenvalue weighted by molar-refractivity contribution is 6.30. The van der Waals surface area contributed by atoms with Crippen LogP contribution in [0.15, 0.2) is 48.5 Å². The van der Waals surface area contributed by atoms with Crippen LogP contribution < -0.4 is 4.74 Å². The zero-order valence-corrected chi connectivity index (χ0v) is 18.2. The standard InChI is InChI=1S/C25H29ClO3/c1-25(2,3)29-24(27)16-20-11-7-8-12-23(20)28-17-18-13-21(15-22(26)14-18)19-9-5-4-6-10-19/h7-9,11-15H,4-6,10,16-17H2,1-3H3. The van der Waals surface area contributed by atoms with Crippen LogP contribution in [-0.4, -0.2) is 11.6 Å². The number of carbonyl (C=O) groups excluding carboxylic acids is 1. The highest BCUT2D eigenvalue weighted by Crippen LogP contribution is 2.30. The summed E-state index contributed by atoms with van der Waals surface area (Å²) >= 11 is 6.37. The van der Waals surface area contributed by atoms with Crippen LogP contribution in [0.5, 0.6) is 5.75 Å². The maximum absolute atomic E-state index is 12.2. The van der Waals surface area contributed by atoms with Crippen molar-refractivity contribution in [2.24, 2.45) is 0 Å². The molecule has 0 saturated carbocycles. The molecule has 1 aliphatic rings. The fourth-order valence-electron chi connectivity index (χ4n) is 3.50. The molecular formula is C25H29ClO3. The molecule has 0 unspecified atom stereocenters. The van der Waals surface area contributed by atoms with Crippen molar-refractivity contribution in [2.75, 3.05) is 0 Å². The lowest BCUT2D eigenvalue weighted by atomic mass is 9.93. The summed E-state index contributed by atoms with van der Waals surface area (Å²) in [6.07, 6.45) is 7.21. The smallest absolute Gasteiger partial charge is 0.310 e. The van der Waals surface area contributed by atoms with Crippen molar-refractivity contribution in [2.45, 2.75) is 65.1 Å². The number of ether oxygens (including phenoxy) is 2. The molecule has 1 aliphatic carbocycles. The maximum Gasteiger partial charge on any atom is 0.310 e. The zero-order valence-electron chi connectivity index (χ0n) is 17.5. The largest absolute Gasteiger partial charge is 0.489 e. The summed E-state index contributed by atoms with van der Waals surface area (Å²) in [4.78, 5) is 12.2. The summed E-state index contributed by atoms with van der Waals surface area (Å²) in [6, 6.07) is 13.7. The monoisotopic (exact) mass is 412 g/mol. The number of esters is 1. The van der Waals surface area contributed by atoms with Crippen LogP contribution >= 0.6 is 11.6 Å². The van der Waals surface area contributed by atoms with Gasteiger partial charge in [0.1, 0.15) is 18.0 Å². The van der Waals surface area contributed by atoms with Gasteiger partial charge in [0, 0.05) is 10.6 Å². The van der Waals surface area contributed by atoms with Crippen molar-refractivity contribution in [1.29, 1.82) is 0 Å². The Morgan fingerprint density at radius 2 is 1.90 bits per heavy atom. The Hall–Kier alpha value is -2.26. The average Bonchev–Trinajstić information content (AvgIpc) is 2.66. The molecule has 0 radical (unpaired) electrons. The molecule has 0 spiro atoms. The van der Waals surface area contributed by atoms with Crippen molar-refractivity contribution in [1.82, 2.24) is 0 Å². The predicted octanol–water partition coefficient (Wildman–Crippen LogP) is 6.76. The van der Waals surface area contributed by atoms with E-state index in [1.54, 1.807) is 0 Å². The summed E-state index contributed by atoms with van der Waals surface area (Å²) in [7, 11) is 0. The quantitative estimate of drug-likeness (QED) is 0.491. The van der Waals surface area contributed by atoms with Crippen LogP contribution in [0.3, 0.4) is 0 Å². The van der Waals surface area contributed by atoms with E-state index in [0.29, 0.717) is 12.4 Å². The highest BCUT2D eigenvalue weighted by atomic mass is 35.5. The van der Waals surface area contributed by atoms with Gasteiger partial charge in [0.05, 0.1) is 6.42 Å². The second kappa shape index (κ2) is 9.49. The number of para-hydroxylation sites is 1. The van der Waals surface area contributed by atoms with Gasteiger partial charge in [-0.15, -0.1) is 0 Å². The molecule has 0 fully saturated rings. The van der Waals surface area contributed by atoms with E-state index in [1.165, 1.54) is 24.0 Å². The molecule has 0 N–H and O–H groups in total. The van der Waals surface area contributed by atoms with E-state index >= 15 is 0 Å². The van der Waals surface area contributed by atoms with Gasteiger partial charge in [0.25, 0.3) is 0 Å². The van der Waals surface area contributed by atoms with Crippen molar-refractivity contribution < 1.29 is 14.3 Å². The van der Waals surface area contributed by atoms with Gasteiger partial charge in [-0.1, -0.05) is 35.9 Å². The normalized spacial score (nSPS) is 14.3. The SMILES string of the molecule is CC(C)(C)OC(=O)Cc1ccccc1OCc1cc(Cl)cc(C2=CCCCC2)c1. The number of rotatable bonds is 6. The van der Waals surface area contributed by atoms with Gasteiger partial charge in [-0.05, 0) is 87.4 Å². The predicted molar refractivity (Wildman–Crippen MR) is 118 cm³/mol. The van der Waals surface area contributed by atoms with Crippen LogP contribution in [-0.2, 0) is 22.6 Å². The maximum atomic E-state index is 12.2. The number of hydrogen-bond acceptors (Lipinski definition) is 3. The molecule has 0 aromatic heterocycles. The van der Waals surface area contributed by atoms with E-state index in [9.17, 15) is 4.79 Å². The Kier molecular flexibility index (Phi) is 7.02. The molecule has 0 aliphatic heterocycles. The van der Waals surface area contributed by atoms with Gasteiger partial charge < -0.3 is 9.47 Å². The summed E-state index contributed by atoms with van der Waals surface area (Å²) in [6.45, 7) is 6.00. The van der Waals surface area contributed by atoms with Crippen molar-refractivity contribution in [3.63, 3.8) is 0 Å². The molecule has 3 nitrogen and oxygen atoms in total. The summed E-state index contributed by atoms with van der Waals surface area (Å²) < 4.78 is 11.5. The molecule has 0 heterocycles. The third kappa shape index (κ3) is 6.64. The van der Waals surface area contributed by atoms with Gasteiger partial charge in [-0.3, -0.25) is 4.79 Å². The molecule has 154 valence electrons. The van der Waals surface area contributed by atoms with Crippen molar-refractivity contribution >= 4 is 23.1 Å². The fourth-order valence-corrected chi connectivity index (χ4v) is 3.76. The first kappa shape index (κ1) is 21.4. The van der Waals surface area contributed by atoms with Crippen LogP contribution in [0.1, 0.15) is 63.1 Å². The number of benzene rings is 2. The Labute approximate surface area is 178 Å². The lowest BCUT2D eigenvalue weighted by Crippen LogP contribution is -2.25. The van der Waals surface area contributed by atoms with E-state index in [2.05, 4.69) is 12.1 Å². The lowest BCUT2D eigenvalue weighted by Gasteiger charge is -2.20. The Morgan fingerprint density at radius 1 is 1.10 bits per heavy atom. The molecule has 2 aromatic carbocycles. The summed E-state index contributed by atoms with van der Waals surface area (Å²) in [5.74, 6) is 0.430. The summed E-state index contributed by atoms with van der Waals surface area (Å²) in [5, 5.41) is 0.717. The topological polar surface area (TPSA) is 35.5 Å². The molecule has 0 atom stereocenters. The second-order valence-electron chi connectivity index (χ2n) is 8.48. The number of hydrogen-bond donors (Lipinski definition) is 0. The molecule has 0 amide bonds. The number of halogens is 1. The molecule has 2 aromatic rings. The van der Waals surface area contributed by atoms with E-state index in [-0.39, 0.29) is 12.4 Å². The van der Waals surface area contributed by atoms with Gasteiger partial charge in [-0.25, -0.2) is 0 Å². The third-order valence-electron chi connectivity index (χ3n) is 4.74. The van der Waals surface area contributed by atoms with Gasteiger partial charge in [0.15, 0.2) is 0 Å². The number of allylic oxidation sites excluding steroid dienone is 2. The molecule has 4 heteroatoms. The zero-order chi connectivity index (χ0) is 20.9. The van der Waals surface area contributed by atoms with Crippen LogP contribution in [0.25, 0.3) is 5.57 Å². The van der Waals surface area contributed by atoms with E-state index < -0.39 is 5.60 Å². The molecule has 29 heavy (non-hydrogen) atoms. The third-order valence-corrected chi connectivity index (χ3v) is 4.96. The van der Waals surface area contributed by atoms with E-state index in [0.717, 1.165) is 29.0 Å². The first-order chi connectivity index (χ1) is 13.8. The van der Waals surface area contributed by atoms with Crippen LogP contribution in [0, 0.1) is 0 Å². The van der Waals surface area contributed by atoms with Crippen molar-refractivity contribution in [3.8, 4) is 5.75 Å². The first-order valence-corrected chi connectivity index (χ1v) is 10.6. The van der Waals surface area contributed by atoms with E-state index in [1.807, 2.05) is 57.2 Å². The first-order valence-electron chi connectivity index (χ1n) is 10.2. The Bertz CT molecular complexity index is 893. The van der Waals surface area contributed by atoms with Gasteiger partial charge >= 0.3 is 5.97 Å². The highest BCUT2D eigenvalue weighted by Gasteiger charge is 2.18. The minimum absolute atomic E-state index is 0.182. The van der Waals surface area contributed by atoms with Gasteiger partial charge in [0.2, 0.25) is 0 Å². The average molecular weight is 413 g/mol. The van der Waals surface area contributed by atoms with Gasteiger partial charge in [-0.2, -0.15) is 0 Å². The Morgan fingerprint density at radius 3 is 2.62 bits per heavy atom. The molecule has 0 bridgehead atoms. The molecule has 3 rings (SSSR count). The minimum Gasteiger partial charge on any atom is -0.489 e. The van der Waals surface area contributed by atoms with Crippen molar-refractivity contribution in [3.05, 3.63) is 70.3 Å². The molecular weight excluding hydrogens is 384 g/mol. The minimum atomic E-state index is -0.502. The Balaban J connectivity index is 1.71. The second-order valence-corrected chi connectivity index (χ2v) is 8.92. The number of carbonyl (C=O) groups is 1. The van der Waals surface area contributed by atoms with Crippen LogP contribution in [0.2, 0.25) is 5.02 Å². The lowest BCUT2D eigenvalue weighted by molar-refractivity contribution is -0.153. The van der Waals surface area contributed by atoms with E-state index in [4.69, 9.17) is 21.1 Å².